The Kier molecular flexibility index (Phi) is 4.12. The van der Waals surface area contributed by atoms with Crippen molar-refractivity contribution in [3.05, 3.63) is 66.2 Å². The second kappa shape index (κ2) is 6.79. The molecule has 0 aliphatic rings. The molecule has 4 nitrogen and oxygen atoms in total. The molecule has 134 valence electrons. The highest BCUT2D eigenvalue weighted by Crippen LogP contribution is 2.41. The van der Waals surface area contributed by atoms with Crippen molar-refractivity contribution in [3.8, 4) is 11.8 Å². The Balaban J connectivity index is 1.71. The second-order valence-electron chi connectivity index (χ2n) is 6.18. The maximum absolute atomic E-state index is 9.38. The van der Waals surface area contributed by atoms with Crippen molar-refractivity contribution in [2.24, 2.45) is 0 Å². The van der Waals surface area contributed by atoms with Gasteiger partial charge in [-0.05, 0) is 30.3 Å². The van der Waals surface area contributed by atoms with Crippen molar-refractivity contribution in [1.82, 2.24) is 9.97 Å². The minimum Gasteiger partial charge on any atom is -0.497 e. The van der Waals surface area contributed by atoms with Crippen LogP contribution in [0, 0.1) is 11.3 Å². The average Bonchev–Trinajstić information content (AvgIpc) is 3.10. The number of nitriles is 1. The molecule has 3 aromatic carbocycles. The smallest absolute Gasteiger partial charge is 0.143 e. The van der Waals surface area contributed by atoms with Gasteiger partial charge in [-0.1, -0.05) is 36.0 Å². The predicted octanol–water partition coefficient (Wildman–Crippen LogP) is 6.03. The maximum atomic E-state index is 9.38. The SMILES string of the molecule is COc1ccc2nc3sc4c(Sc5ccccc5C#N)cccc4c3nc2c1. The molecular weight excluding hydrogens is 386 g/mol. The highest BCUT2D eigenvalue weighted by molar-refractivity contribution is 7.99. The van der Waals surface area contributed by atoms with Crippen LogP contribution in [0.2, 0.25) is 0 Å². The van der Waals surface area contributed by atoms with Crippen LogP contribution >= 0.6 is 23.1 Å². The highest BCUT2D eigenvalue weighted by atomic mass is 32.2. The van der Waals surface area contributed by atoms with Gasteiger partial charge in [-0.15, -0.1) is 11.3 Å². The van der Waals surface area contributed by atoms with Crippen LogP contribution in [0.1, 0.15) is 5.56 Å². The van der Waals surface area contributed by atoms with Gasteiger partial charge in [0.25, 0.3) is 0 Å². The van der Waals surface area contributed by atoms with Gasteiger partial charge in [0.1, 0.15) is 22.2 Å². The summed E-state index contributed by atoms with van der Waals surface area (Å²) in [7, 11) is 1.65. The number of fused-ring (bicyclic) bond motifs is 4. The summed E-state index contributed by atoms with van der Waals surface area (Å²) in [6.07, 6.45) is 0. The maximum Gasteiger partial charge on any atom is 0.143 e. The van der Waals surface area contributed by atoms with E-state index in [1.54, 1.807) is 30.2 Å². The van der Waals surface area contributed by atoms with Crippen LogP contribution in [0.5, 0.6) is 5.75 Å². The van der Waals surface area contributed by atoms with E-state index >= 15 is 0 Å². The van der Waals surface area contributed by atoms with Crippen molar-refractivity contribution in [2.45, 2.75) is 9.79 Å². The Labute approximate surface area is 169 Å². The number of ether oxygens (including phenoxy) is 1. The summed E-state index contributed by atoms with van der Waals surface area (Å²) in [5.41, 5.74) is 3.25. The van der Waals surface area contributed by atoms with Crippen molar-refractivity contribution in [1.29, 1.82) is 5.26 Å². The van der Waals surface area contributed by atoms with Gasteiger partial charge in [0.15, 0.2) is 0 Å². The zero-order valence-corrected chi connectivity index (χ0v) is 16.5. The van der Waals surface area contributed by atoms with E-state index in [0.29, 0.717) is 5.56 Å². The number of methoxy groups -OCH3 is 1. The van der Waals surface area contributed by atoms with E-state index in [4.69, 9.17) is 14.7 Å². The Hall–Kier alpha value is -3.14. The van der Waals surface area contributed by atoms with Crippen molar-refractivity contribution >= 4 is 54.6 Å². The molecule has 0 saturated carbocycles. The number of hydrogen-bond acceptors (Lipinski definition) is 6. The lowest BCUT2D eigenvalue weighted by atomic mass is 10.2. The van der Waals surface area contributed by atoms with Crippen LogP contribution in [0.25, 0.3) is 31.5 Å². The molecule has 0 saturated heterocycles. The zero-order valence-electron chi connectivity index (χ0n) is 14.8. The number of aromatic nitrogens is 2. The lowest BCUT2D eigenvalue weighted by Crippen LogP contribution is -1.87. The van der Waals surface area contributed by atoms with Gasteiger partial charge < -0.3 is 4.74 Å². The van der Waals surface area contributed by atoms with E-state index in [9.17, 15) is 5.26 Å². The number of hydrogen-bond donors (Lipinski definition) is 0. The van der Waals surface area contributed by atoms with Gasteiger partial charge >= 0.3 is 0 Å². The Bertz CT molecular complexity index is 1400. The van der Waals surface area contributed by atoms with Crippen LogP contribution in [-0.2, 0) is 0 Å². The van der Waals surface area contributed by atoms with Gasteiger partial charge in [-0.3, -0.25) is 0 Å². The molecule has 0 aliphatic heterocycles. The number of benzene rings is 3. The fraction of sp³-hybridized carbons (Fsp3) is 0.0455. The second-order valence-corrected chi connectivity index (χ2v) is 8.26. The molecule has 0 spiro atoms. The molecule has 5 rings (SSSR count). The molecular formula is C22H13N3OS2. The molecule has 0 radical (unpaired) electrons. The lowest BCUT2D eigenvalue weighted by Gasteiger charge is -2.04. The standard InChI is InChI=1S/C22H13N3OS2/c1-26-14-9-10-16-17(11-14)24-20-15-6-4-8-19(21(15)28-22(20)25-16)27-18-7-3-2-5-13(18)12-23/h2-11H,1H3. The lowest BCUT2D eigenvalue weighted by molar-refractivity contribution is 0.415. The third-order valence-corrected chi connectivity index (χ3v) is 6.89. The third-order valence-electron chi connectivity index (χ3n) is 4.50. The minimum absolute atomic E-state index is 0.680. The van der Waals surface area contributed by atoms with Crippen molar-refractivity contribution in [2.75, 3.05) is 7.11 Å². The fourth-order valence-electron chi connectivity index (χ4n) is 3.14. The van der Waals surface area contributed by atoms with Gasteiger partial charge in [-0.2, -0.15) is 5.26 Å². The number of nitrogens with zero attached hydrogens (tertiary/aromatic N) is 3. The van der Waals surface area contributed by atoms with Crippen LogP contribution in [0.15, 0.2) is 70.5 Å². The summed E-state index contributed by atoms with van der Waals surface area (Å²) in [6.45, 7) is 0. The molecule has 0 bridgehead atoms. The molecule has 0 aliphatic carbocycles. The van der Waals surface area contributed by atoms with E-state index in [1.807, 2.05) is 48.5 Å². The van der Waals surface area contributed by atoms with Gasteiger partial charge in [0.2, 0.25) is 0 Å². The van der Waals surface area contributed by atoms with Crippen LogP contribution in [0.4, 0.5) is 0 Å². The van der Waals surface area contributed by atoms with Crippen LogP contribution < -0.4 is 4.74 Å². The molecule has 5 aromatic rings. The molecule has 2 aromatic heterocycles. The Morgan fingerprint density at radius 3 is 2.68 bits per heavy atom. The number of rotatable bonds is 3. The first kappa shape index (κ1) is 17.0. The molecule has 0 fully saturated rings. The summed E-state index contributed by atoms with van der Waals surface area (Å²) in [6, 6.07) is 21.9. The average molecular weight is 400 g/mol. The summed E-state index contributed by atoms with van der Waals surface area (Å²) in [5.74, 6) is 0.769. The molecule has 2 heterocycles. The van der Waals surface area contributed by atoms with E-state index < -0.39 is 0 Å². The van der Waals surface area contributed by atoms with Gasteiger partial charge in [-0.25, -0.2) is 9.97 Å². The molecule has 28 heavy (non-hydrogen) atoms. The summed E-state index contributed by atoms with van der Waals surface area (Å²) in [5, 5.41) is 10.5. The van der Waals surface area contributed by atoms with E-state index in [1.165, 1.54) is 0 Å². The summed E-state index contributed by atoms with van der Waals surface area (Å²) in [4.78, 5) is 12.6. The van der Waals surface area contributed by atoms with E-state index in [0.717, 1.165) is 47.0 Å². The number of thiophene rings is 1. The first-order valence-corrected chi connectivity index (χ1v) is 10.2. The first-order chi connectivity index (χ1) is 13.8. The summed E-state index contributed by atoms with van der Waals surface area (Å²) < 4.78 is 6.45. The van der Waals surface area contributed by atoms with Gasteiger partial charge in [0, 0.05) is 21.2 Å². The monoisotopic (exact) mass is 399 g/mol. The zero-order chi connectivity index (χ0) is 19.1. The normalized spacial score (nSPS) is 11.1. The molecule has 0 amide bonds. The molecule has 0 unspecified atom stereocenters. The minimum atomic E-state index is 0.680. The quantitative estimate of drug-likeness (QED) is 0.371. The molecule has 6 heteroatoms. The molecule has 0 N–H and O–H groups in total. The van der Waals surface area contributed by atoms with Crippen molar-refractivity contribution in [3.63, 3.8) is 0 Å². The fourth-order valence-corrected chi connectivity index (χ4v) is 5.38. The topological polar surface area (TPSA) is 58.8 Å². The van der Waals surface area contributed by atoms with Crippen LogP contribution in [0.3, 0.4) is 0 Å². The largest absolute Gasteiger partial charge is 0.497 e. The van der Waals surface area contributed by atoms with Crippen molar-refractivity contribution < 1.29 is 4.74 Å². The predicted molar refractivity (Wildman–Crippen MR) is 114 cm³/mol. The highest BCUT2D eigenvalue weighted by Gasteiger charge is 2.14. The Morgan fingerprint density at radius 1 is 0.964 bits per heavy atom. The first-order valence-electron chi connectivity index (χ1n) is 8.61. The Morgan fingerprint density at radius 2 is 1.82 bits per heavy atom. The van der Waals surface area contributed by atoms with Gasteiger partial charge in [0.05, 0.1) is 28.4 Å². The summed E-state index contributed by atoms with van der Waals surface area (Å²) >= 11 is 3.24. The third kappa shape index (κ3) is 2.76. The van der Waals surface area contributed by atoms with E-state index in [2.05, 4.69) is 18.2 Å². The van der Waals surface area contributed by atoms with E-state index in [-0.39, 0.29) is 0 Å². The molecule has 0 atom stereocenters. The van der Waals surface area contributed by atoms with Crippen LogP contribution in [-0.4, -0.2) is 17.1 Å².